The SMILES string of the molecule is O=C1CCCC2CNNC12. The molecule has 1 aliphatic carbocycles. The van der Waals surface area contributed by atoms with Gasteiger partial charge in [0.15, 0.2) is 5.78 Å². The fourth-order valence-electron chi connectivity index (χ4n) is 1.84. The van der Waals surface area contributed by atoms with Crippen LogP contribution in [-0.4, -0.2) is 18.4 Å². The third kappa shape index (κ3) is 0.859. The van der Waals surface area contributed by atoms with Gasteiger partial charge in [-0.15, -0.1) is 0 Å². The summed E-state index contributed by atoms with van der Waals surface area (Å²) in [4.78, 5) is 11.2. The lowest BCUT2D eigenvalue weighted by molar-refractivity contribution is -0.123. The van der Waals surface area contributed by atoms with Gasteiger partial charge < -0.3 is 0 Å². The third-order valence-electron chi connectivity index (χ3n) is 2.44. The maximum absolute atomic E-state index is 11.2. The summed E-state index contributed by atoms with van der Waals surface area (Å²) in [7, 11) is 0. The molecule has 2 aliphatic rings. The molecule has 1 saturated carbocycles. The van der Waals surface area contributed by atoms with Gasteiger partial charge in [-0.1, -0.05) is 0 Å². The van der Waals surface area contributed by atoms with E-state index in [-0.39, 0.29) is 6.04 Å². The van der Waals surface area contributed by atoms with Crippen LogP contribution in [0, 0.1) is 5.92 Å². The van der Waals surface area contributed by atoms with E-state index in [1.807, 2.05) is 0 Å². The number of hydrogen-bond donors (Lipinski definition) is 2. The number of nitrogens with one attached hydrogen (secondary N) is 2. The van der Waals surface area contributed by atoms with E-state index in [2.05, 4.69) is 10.9 Å². The Morgan fingerprint density at radius 1 is 1.50 bits per heavy atom. The van der Waals surface area contributed by atoms with E-state index >= 15 is 0 Å². The number of fused-ring (bicyclic) bond motifs is 1. The van der Waals surface area contributed by atoms with E-state index in [4.69, 9.17) is 0 Å². The molecule has 2 unspecified atom stereocenters. The minimum Gasteiger partial charge on any atom is -0.298 e. The van der Waals surface area contributed by atoms with Crippen molar-refractivity contribution >= 4 is 5.78 Å². The summed E-state index contributed by atoms with van der Waals surface area (Å²) >= 11 is 0. The highest BCUT2D eigenvalue weighted by atomic mass is 16.1. The van der Waals surface area contributed by atoms with Gasteiger partial charge >= 0.3 is 0 Å². The molecule has 56 valence electrons. The topological polar surface area (TPSA) is 41.1 Å². The molecule has 2 N–H and O–H groups in total. The van der Waals surface area contributed by atoms with Crippen LogP contribution in [0.15, 0.2) is 0 Å². The van der Waals surface area contributed by atoms with Gasteiger partial charge in [0.05, 0.1) is 6.04 Å². The molecule has 3 nitrogen and oxygen atoms in total. The molecule has 3 heteroatoms. The Morgan fingerprint density at radius 3 is 3.20 bits per heavy atom. The zero-order valence-corrected chi connectivity index (χ0v) is 5.89. The second-order valence-electron chi connectivity index (χ2n) is 3.12. The van der Waals surface area contributed by atoms with E-state index in [0.29, 0.717) is 11.7 Å². The molecule has 0 aromatic carbocycles. The first kappa shape index (κ1) is 6.31. The number of hydrogen-bond acceptors (Lipinski definition) is 3. The van der Waals surface area contributed by atoms with Crippen molar-refractivity contribution in [2.75, 3.05) is 6.54 Å². The number of carbonyl (C=O) groups is 1. The van der Waals surface area contributed by atoms with Crippen molar-refractivity contribution in [1.82, 2.24) is 10.9 Å². The molecular formula is C7H12N2O. The molecule has 0 bridgehead atoms. The summed E-state index contributed by atoms with van der Waals surface area (Å²) in [6, 6.07) is 0.133. The molecule has 0 radical (unpaired) electrons. The number of ketones is 1. The number of Topliss-reactive ketones (excluding diaryl/α,β-unsaturated/α-hetero) is 1. The van der Waals surface area contributed by atoms with Crippen molar-refractivity contribution in [1.29, 1.82) is 0 Å². The summed E-state index contributed by atoms with van der Waals surface area (Å²) in [5.74, 6) is 0.961. The normalized spacial score (nSPS) is 39.8. The van der Waals surface area contributed by atoms with Gasteiger partial charge in [-0.2, -0.15) is 0 Å². The molecule has 2 rings (SSSR count). The molecule has 1 aliphatic heterocycles. The second-order valence-corrected chi connectivity index (χ2v) is 3.12. The smallest absolute Gasteiger partial charge is 0.151 e. The summed E-state index contributed by atoms with van der Waals surface area (Å²) in [6.07, 6.45) is 3.07. The van der Waals surface area contributed by atoms with Crippen molar-refractivity contribution in [3.8, 4) is 0 Å². The van der Waals surface area contributed by atoms with Crippen LogP contribution in [0.25, 0.3) is 0 Å². The standard InChI is InChI=1S/C7H12N2O/c10-6-3-1-2-5-4-8-9-7(5)6/h5,7-9H,1-4H2. The van der Waals surface area contributed by atoms with Crippen molar-refractivity contribution in [2.45, 2.75) is 25.3 Å². The van der Waals surface area contributed by atoms with Crippen LogP contribution in [0.2, 0.25) is 0 Å². The van der Waals surface area contributed by atoms with Crippen LogP contribution < -0.4 is 10.9 Å². The Hall–Kier alpha value is -0.410. The van der Waals surface area contributed by atoms with Gasteiger partial charge in [0, 0.05) is 13.0 Å². The molecule has 0 spiro atoms. The fourth-order valence-corrected chi connectivity index (χ4v) is 1.84. The molecule has 0 amide bonds. The van der Waals surface area contributed by atoms with E-state index in [9.17, 15) is 4.79 Å². The van der Waals surface area contributed by atoms with Crippen LogP contribution in [0.3, 0.4) is 0 Å². The van der Waals surface area contributed by atoms with Gasteiger partial charge in [0.2, 0.25) is 0 Å². The fraction of sp³-hybridized carbons (Fsp3) is 0.857. The highest BCUT2D eigenvalue weighted by molar-refractivity contribution is 5.85. The second kappa shape index (κ2) is 2.32. The third-order valence-corrected chi connectivity index (χ3v) is 2.44. The van der Waals surface area contributed by atoms with Crippen LogP contribution in [0.5, 0.6) is 0 Å². The van der Waals surface area contributed by atoms with E-state index < -0.39 is 0 Å². The average Bonchev–Trinajstić information content (AvgIpc) is 2.36. The molecule has 10 heavy (non-hydrogen) atoms. The zero-order chi connectivity index (χ0) is 6.97. The van der Waals surface area contributed by atoms with E-state index in [1.165, 1.54) is 6.42 Å². The predicted octanol–water partition coefficient (Wildman–Crippen LogP) is -0.168. The Bertz CT molecular complexity index is 158. The van der Waals surface area contributed by atoms with Crippen LogP contribution >= 0.6 is 0 Å². The number of rotatable bonds is 0. The van der Waals surface area contributed by atoms with Crippen molar-refractivity contribution < 1.29 is 4.79 Å². The van der Waals surface area contributed by atoms with Gasteiger partial charge in [-0.25, -0.2) is 5.43 Å². The predicted molar refractivity (Wildman–Crippen MR) is 37.3 cm³/mol. The Labute approximate surface area is 60.1 Å². The van der Waals surface area contributed by atoms with Gasteiger partial charge in [-0.05, 0) is 18.8 Å². The largest absolute Gasteiger partial charge is 0.298 e. The average molecular weight is 140 g/mol. The molecule has 1 heterocycles. The first-order valence-electron chi connectivity index (χ1n) is 3.89. The lowest BCUT2D eigenvalue weighted by atomic mass is 9.85. The van der Waals surface area contributed by atoms with Crippen LogP contribution in [-0.2, 0) is 4.79 Å². The summed E-state index contributed by atoms with van der Waals surface area (Å²) < 4.78 is 0. The van der Waals surface area contributed by atoms with Crippen molar-refractivity contribution in [2.24, 2.45) is 5.92 Å². The maximum Gasteiger partial charge on any atom is 0.151 e. The Kier molecular flexibility index (Phi) is 1.47. The highest BCUT2D eigenvalue weighted by Crippen LogP contribution is 2.23. The molecule has 1 saturated heterocycles. The van der Waals surface area contributed by atoms with Gasteiger partial charge in [-0.3, -0.25) is 10.2 Å². The van der Waals surface area contributed by atoms with Crippen molar-refractivity contribution in [3.63, 3.8) is 0 Å². The zero-order valence-electron chi connectivity index (χ0n) is 5.89. The molecule has 2 atom stereocenters. The van der Waals surface area contributed by atoms with Crippen molar-refractivity contribution in [3.05, 3.63) is 0 Å². The van der Waals surface area contributed by atoms with E-state index in [1.54, 1.807) is 0 Å². The van der Waals surface area contributed by atoms with E-state index in [0.717, 1.165) is 19.4 Å². The molecule has 0 aromatic heterocycles. The molecular weight excluding hydrogens is 128 g/mol. The van der Waals surface area contributed by atoms with Gasteiger partial charge in [0.1, 0.15) is 0 Å². The highest BCUT2D eigenvalue weighted by Gasteiger charge is 2.34. The lowest BCUT2D eigenvalue weighted by Gasteiger charge is -2.21. The number of hydrazine groups is 1. The first-order chi connectivity index (χ1) is 4.88. The van der Waals surface area contributed by atoms with Crippen LogP contribution in [0.4, 0.5) is 0 Å². The van der Waals surface area contributed by atoms with Gasteiger partial charge in [0.25, 0.3) is 0 Å². The summed E-state index contributed by atoms with van der Waals surface area (Å²) in [6.45, 7) is 0.969. The summed E-state index contributed by atoms with van der Waals surface area (Å²) in [5.41, 5.74) is 6.03. The Balaban J connectivity index is 2.10. The monoisotopic (exact) mass is 140 g/mol. The minimum absolute atomic E-state index is 0.133. The lowest BCUT2D eigenvalue weighted by Crippen LogP contribution is -2.40. The molecule has 2 fully saturated rings. The maximum atomic E-state index is 11.2. The minimum atomic E-state index is 0.133. The Morgan fingerprint density at radius 2 is 2.40 bits per heavy atom. The summed E-state index contributed by atoms with van der Waals surface area (Å²) in [5, 5.41) is 0. The molecule has 0 aromatic rings. The first-order valence-corrected chi connectivity index (χ1v) is 3.89. The quantitative estimate of drug-likeness (QED) is 0.491. The number of carbonyl (C=O) groups excluding carboxylic acids is 1. The van der Waals surface area contributed by atoms with Crippen LogP contribution in [0.1, 0.15) is 19.3 Å².